The fraction of sp³-hybridized carbons (Fsp3) is 0.941. The summed E-state index contributed by atoms with van der Waals surface area (Å²) in [6, 6.07) is 0. The highest BCUT2D eigenvalue weighted by molar-refractivity contribution is 5.69. The molecular formula is C17H35NO2. The SMILES string of the molecule is CCCCCCCCOC(=O)CCC(CCC)CCN. The molecule has 20 heavy (non-hydrogen) atoms. The average Bonchev–Trinajstić information content (AvgIpc) is 2.44. The fourth-order valence-electron chi connectivity index (χ4n) is 2.54. The lowest BCUT2D eigenvalue weighted by Gasteiger charge is -2.14. The molecule has 0 aliphatic rings. The fourth-order valence-corrected chi connectivity index (χ4v) is 2.54. The molecule has 0 fully saturated rings. The van der Waals surface area contributed by atoms with Crippen LogP contribution in [0.1, 0.15) is 84.5 Å². The lowest BCUT2D eigenvalue weighted by atomic mass is 9.94. The van der Waals surface area contributed by atoms with Gasteiger partial charge in [0.1, 0.15) is 0 Å². The largest absolute Gasteiger partial charge is 0.466 e. The minimum absolute atomic E-state index is 0.0308. The maximum absolute atomic E-state index is 11.6. The third-order valence-corrected chi connectivity index (χ3v) is 3.79. The van der Waals surface area contributed by atoms with Crippen molar-refractivity contribution in [3.05, 3.63) is 0 Å². The lowest BCUT2D eigenvalue weighted by molar-refractivity contribution is -0.144. The van der Waals surface area contributed by atoms with E-state index in [2.05, 4.69) is 13.8 Å². The lowest BCUT2D eigenvalue weighted by Crippen LogP contribution is -2.12. The Labute approximate surface area is 125 Å². The molecule has 0 aliphatic carbocycles. The first-order chi connectivity index (χ1) is 9.74. The second-order valence-electron chi connectivity index (χ2n) is 5.76. The number of ether oxygens (including phenoxy) is 1. The van der Waals surface area contributed by atoms with Crippen molar-refractivity contribution in [1.29, 1.82) is 0 Å². The minimum Gasteiger partial charge on any atom is -0.466 e. The predicted molar refractivity (Wildman–Crippen MR) is 85.6 cm³/mol. The Morgan fingerprint density at radius 2 is 1.65 bits per heavy atom. The quantitative estimate of drug-likeness (QED) is 0.379. The van der Waals surface area contributed by atoms with Crippen LogP contribution >= 0.6 is 0 Å². The molecule has 0 aromatic carbocycles. The summed E-state index contributed by atoms with van der Waals surface area (Å²) < 4.78 is 5.29. The van der Waals surface area contributed by atoms with Gasteiger partial charge in [0.2, 0.25) is 0 Å². The molecule has 0 amide bonds. The zero-order valence-electron chi connectivity index (χ0n) is 13.7. The summed E-state index contributed by atoms with van der Waals surface area (Å²) >= 11 is 0. The third kappa shape index (κ3) is 12.5. The molecule has 0 rings (SSSR count). The number of esters is 1. The normalized spacial score (nSPS) is 12.3. The molecule has 120 valence electrons. The molecule has 0 heterocycles. The molecule has 0 aliphatic heterocycles. The molecule has 0 saturated carbocycles. The number of hydrogen-bond acceptors (Lipinski definition) is 3. The highest BCUT2D eigenvalue weighted by Gasteiger charge is 2.10. The molecule has 3 heteroatoms. The number of carbonyl (C=O) groups is 1. The zero-order chi connectivity index (χ0) is 15.1. The third-order valence-electron chi connectivity index (χ3n) is 3.79. The van der Waals surface area contributed by atoms with Crippen LogP contribution in [0, 0.1) is 5.92 Å². The second-order valence-corrected chi connectivity index (χ2v) is 5.76. The highest BCUT2D eigenvalue weighted by Crippen LogP contribution is 2.17. The molecule has 0 aromatic heterocycles. The van der Waals surface area contributed by atoms with Crippen LogP contribution in [-0.4, -0.2) is 19.1 Å². The summed E-state index contributed by atoms with van der Waals surface area (Å²) in [7, 11) is 0. The number of unbranched alkanes of at least 4 members (excludes halogenated alkanes) is 5. The van der Waals surface area contributed by atoms with Crippen molar-refractivity contribution in [3.8, 4) is 0 Å². The minimum atomic E-state index is -0.0308. The van der Waals surface area contributed by atoms with Crippen molar-refractivity contribution in [2.24, 2.45) is 11.7 Å². The van der Waals surface area contributed by atoms with Gasteiger partial charge in [-0.2, -0.15) is 0 Å². The van der Waals surface area contributed by atoms with E-state index < -0.39 is 0 Å². The second kappa shape index (κ2) is 14.8. The van der Waals surface area contributed by atoms with Crippen molar-refractivity contribution in [2.75, 3.05) is 13.2 Å². The van der Waals surface area contributed by atoms with E-state index in [0.29, 0.717) is 18.9 Å². The smallest absolute Gasteiger partial charge is 0.305 e. The molecular weight excluding hydrogens is 250 g/mol. The van der Waals surface area contributed by atoms with Crippen molar-refractivity contribution in [3.63, 3.8) is 0 Å². The van der Waals surface area contributed by atoms with Gasteiger partial charge in [-0.25, -0.2) is 0 Å². The van der Waals surface area contributed by atoms with Crippen molar-refractivity contribution in [2.45, 2.75) is 84.5 Å². The van der Waals surface area contributed by atoms with Gasteiger partial charge in [0, 0.05) is 6.42 Å². The molecule has 0 saturated heterocycles. The Hall–Kier alpha value is -0.570. The number of rotatable bonds is 14. The van der Waals surface area contributed by atoms with Gasteiger partial charge in [0.25, 0.3) is 0 Å². The van der Waals surface area contributed by atoms with Crippen LogP contribution in [0.3, 0.4) is 0 Å². The number of hydrogen-bond donors (Lipinski definition) is 1. The standard InChI is InChI=1S/C17H35NO2/c1-3-5-6-7-8-9-15-20-17(19)12-11-16(10-4-2)13-14-18/h16H,3-15,18H2,1-2H3. The predicted octanol–water partition coefficient (Wildman–Crippen LogP) is 4.44. The first kappa shape index (κ1) is 19.4. The van der Waals surface area contributed by atoms with E-state index >= 15 is 0 Å². The zero-order valence-corrected chi connectivity index (χ0v) is 13.7. The molecule has 1 atom stereocenters. The van der Waals surface area contributed by atoms with E-state index in [1.165, 1.54) is 38.5 Å². The van der Waals surface area contributed by atoms with Gasteiger partial charge in [-0.1, -0.05) is 58.8 Å². The highest BCUT2D eigenvalue weighted by atomic mass is 16.5. The van der Waals surface area contributed by atoms with Gasteiger partial charge in [0.05, 0.1) is 6.61 Å². The summed E-state index contributed by atoms with van der Waals surface area (Å²) in [6.45, 7) is 5.72. The summed E-state index contributed by atoms with van der Waals surface area (Å²) in [5.74, 6) is 0.559. The number of carbonyl (C=O) groups excluding carboxylic acids is 1. The Morgan fingerprint density at radius 3 is 2.30 bits per heavy atom. The first-order valence-corrected chi connectivity index (χ1v) is 8.60. The van der Waals surface area contributed by atoms with E-state index in [1.54, 1.807) is 0 Å². The van der Waals surface area contributed by atoms with Crippen LogP contribution in [0.25, 0.3) is 0 Å². The van der Waals surface area contributed by atoms with Crippen LogP contribution in [0.15, 0.2) is 0 Å². The molecule has 3 nitrogen and oxygen atoms in total. The van der Waals surface area contributed by atoms with E-state index in [1.807, 2.05) is 0 Å². The maximum atomic E-state index is 11.6. The topological polar surface area (TPSA) is 52.3 Å². The average molecular weight is 285 g/mol. The van der Waals surface area contributed by atoms with Crippen molar-refractivity contribution < 1.29 is 9.53 Å². The Morgan fingerprint density at radius 1 is 0.950 bits per heavy atom. The van der Waals surface area contributed by atoms with Gasteiger partial charge in [-0.3, -0.25) is 4.79 Å². The molecule has 1 unspecified atom stereocenters. The van der Waals surface area contributed by atoms with Crippen molar-refractivity contribution >= 4 is 5.97 Å². The van der Waals surface area contributed by atoms with Gasteiger partial charge in [-0.05, 0) is 31.7 Å². The summed E-state index contributed by atoms with van der Waals surface area (Å²) in [5, 5.41) is 0. The first-order valence-electron chi connectivity index (χ1n) is 8.60. The molecule has 0 aromatic rings. The van der Waals surface area contributed by atoms with Gasteiger partial charge in [-0.15, -0.1) is 0 Å². The molecule has 2 N–H and O–H groups in total. The van der Waals surface area contributed by atoms with Gasteiger partial charge < -0.3 is 10.5 Å². The summed E-state index contributed by atoms with van der Waals surface area (Å²) in [6.07, 6.45) is 12.2. The van der Waals surface area contributed by atoms with Gasteiger partial charge >= 0.3 is 5.97 Å². The van der Waals surface area contributed by atoms with E-state index in [0.717, 1.165) is 32.2 Å². The maximum Gasteiger partial charge on any atom is 0.305 e. The van der Waals surface area contributed by atoms with Crippen LogP contribution in [-0.2, 0) is 9.53 Å². The Bertz CT molecular complexity index is 213. The van der Waals surface area contributed by atoms with Crippen molar-refractivity contribution in [1.82, 2.24) is 0 Å². The van der Waals surface area contributed by atoms with E-state index in [4.69, 9.17) is 10.5 Å². The Kier molecular flexibility index (Phi) is 14.4. The number of nitrogens with two attached hydrogens (primary N) is 1. The summed E-state index contributed by atoms with van der Waals surface area (Å²) in [4.78, 5) is 11.6. The molecule has 0 radical (unpaired) electrons. The van der Waals surface area contributed by atoms with Crippen LogP contribution < -0.4 is 5.73 Å². The van der Waals surface area contributed by atoms with E-state index in [-0.39, 0.29) is 5.97 Å². The van der Waals surface area contributed by atoms with Crippen LogP contribution in [0.4, 0.5) is 0 Å². The van der Waals surface area contributed by atoms with Crippen LogP contribution in [0.2, 0.25) is 0 Å². The summed E-state index contributed by atoms with van der Waals surface area (Å²) in [5.41, 5.74) is 5.60. The van der Waals surface area contributed by atoms with E-state index in [9.17, 15) is 4.79 Å². The Balaban J connectivity index is 3.47. The molecule has 0 bridgehead atoms. The molecule has 0 spiro atoms. The monoisotopic (exact) mass is 285 g/mol. The van der Waals surface area contributed by atoms with Crippen LogP contribution in [0.5, 0.6) is 0 Å². The van der Waals surface area contributed by atoms with Gasteiger partial charge in [0.15, 0.2) is 0 Å².